The molecule has 0 aliphatic carbocycles. The zero-order chi connectivity index (χ0) is 5.86. The average molecular weight is 119 g/mol. The van der Waals surface area contributed by atoms with E-state index >= 15 is 0 Å². The van der Waals surface area contributed by atoms with E-state index in [-0.39, 0.29) is 13.7 Å². The molecule has 0 fully saturated rings. The van der Waals surface area contributed by atoms with Gasteiger partial charge in [0.25, 0.3) is 0 Å². The van der Waals surface area contributed by atoms with Crippen LogP contribution in [0.25, 0.3) is 0 Å². The van der Waals surface area contributed by atoms with Gasteiger partial charge >= 0.3 is 0 Å². The molecule has 0 bridgehead atoms. The summed E-state index contributed by atoms with van der Waals surface area (Å²) in [6.45, 7) is 1.97. The molecule has 8 heavy (non-hydrogen) atoms. The molecule has 0 aromatic carbocycles. The van der Waals surface area contributed by atoms with Crippen LogP contribution in [0.2, 0.25) is 0 Å². The van der Waals surface area contributed by atoms with E-state index in [1.54, 1.807) is 0 Å². The highest BCUT2D eigenvalue weighted by molar-refractivity contribution is 4.24. The third-order valence-corrected chi connectivity index (χ3v) is 1.05. The van der Waals surface area contributed by atoms with Gasteiger partial charge < -0.3 is 17.4 Å². The quantitative estimate of drug-likeness (QED) is 0.365. The highest BCUT2D eigenvalue weighted by Crippen LogP contribution is 1.73. The predicted octanol–water partition coefficient (Wildman–Crippen LogP) is -0.690. The zero-order valence-electron chi connectivity index (χ0n) is 6.23. The summed E-state index contributed by atoms with van der Waals surface area (Å²) in [5.74, 6) is 0. The Bertz CT molecular complexity index is 45.8. The van der Waals surface area contributed by atoms with Crippen molar-refractivity contribution in [3.63, 3.8) is 0 Å². The number of hydrogen-bond acceptors (Lipinski definition) is 1. The lowest BCUT2D eigenvalue weighted by Gasteiger charge is -2.11. The molecule has 0 spiro atoms. The van der Waals surface area contributed by atoms with Crippen LogP contribution < -0.4 is 4.90 Å². The van der Waals surface area contributed by atoms with Crippen LogP contribution in [-0.4, -0.2) is 25.4 Å². The summed E-state index contributed by atoms with van der Waals surface area (Å²) >= 11 is 0. The average Bonchev–Trinajstić information content (AvgIpc) is 1.65. The monoisotopic (exact) mass is 119 g/mol. The summed E-state index contributed by atoms with van der Waals surface area (Å²) in [4.78, 5) is 1.10. The van der Waals surface area contributed by atoms with E-state index in [1.165, 1.54) is 0 Å². The largest absolute Gasteiger partial charge is 0.358 e. The SMILES string of the molecule is CCC(O)[NH+](C)C.[CH3-]. The van der Waals surface area contributed by atoms with E-state index in [9.17, 15) is 0 Å². The highest BCUT2D eigenvalue weighted by atomic mass is 16.3. The fourth-order valence-corrected chi connectivity index (χ4v) is 0.408. The van der Waals surface area contributed by atoms with E-state index < -0.39 is 0 Å². The van der Waals surface area contributed by atoms with Crippen molar-refractivity contribution in [1.82, 2.24) is 0 Å². The van der Waals surface area contributed by atoms with E-state index in [2.05, 4.69) is 0 Å². The molecule has 2 N–H and O–H groups in total. The summed E-state index contributed by atoms with van der Waals surface area (Å²) < 4.78 is 0. The van der Waals surface area contributed by atoms with Crippen LogP contribution in [0.4, 0.5) is 0 Å². The topological polar surface area (TPSA) is 24.7 Å². The molecule has 0 aromatic rings. The van der Waals surface area contributed by atoms with Crippen molar-refractivity contribution < 1.29 is 10.0 Å². The number of hydrogen-bond donors (Lipinski definition) is 2. The summed E-state index contributed by atoms with van der Waals surface area (Å²) in [6, 6.07) is 0. The lowest BCUT2D eigenvalue weighted by molar-refractivity contribution is -0.910. The Morgan fingerprint density at radius 1 is 1.50 bits per heavy atom. The van der Waals surface area contributed by atoms with Gasteiger partial charge in [-0.1, -0.05) is 6.92 Å². The van der Waals surface area contributed by atoms with Gasteiger partial charge in [-0.3, -0.25) is 0 Å². The van der Waals surface area contributed by atoms with E-state index in [0.29, 0.717) is 0 Å². The van der Waals surface area contributed by atoms with Crippen LogP contribution in [0.5, 0.6) is 0 Å². The molecule has 1 unspecified atom stereocenters. The Kier molecular flexibility index (Phi) is 6.85. The number of rotatable bonds is 2. The molecule has 0 amide bonds. The molecule has 0 aliphatic rings. The van der Waals surface area contributed by atoms with Crippen molar-refractivity contribution in [3.05, 3.63) is 7.43 Å². The predicted molar refractivity (Wildman–Crippen MR) is 35.5 cm³/mol. The Balaban J connectivity index is 0. The first-order valence-electron chi connectivity index (χ1n) is 2.66. The molecule has 0 aliphatic heterocycles. The van der Waals surface area contributed by atoms with E-state index in [1.807, 2.05) is 21.0 Å². The van der Waals surface area contributed by atoms with Crippen molar-refractivity contribution in [1.29, 1.82) is 0 Å². The molecule has 1 atom stereocenters. The van der Waals surface area contributed by atoms with Crippen molar-refractivity contribution in [2.75, 3.05) is 14.1 Å². The summed E-state index contributed by atoms with van der Waals surface area (Å²) in [7, 11) is 3.88. The molecule has 0 saturated carbocycles. The molecule has 0 radical (unpaired) electrons. The molecule has 2 heteroatoms. The van der Waals surface area contributed by atoms with Crippen LogP contribution in [0.15, 0.2) is 0 Å². The number of aliphatic hydroxyl groups excluding tert-OH is 1. The Morgan fingerprint density at radius 2 is 1.88 bits per heavy atom. The van der Waals surface area contributed by atoms with E-state index in [0.717, 1.165) is 11.3 Å². The van der Waals surface area contributed by atoms with Crippen molar-refractivity contribution >= 4 is 0 Å². The smallest absolute Gasteiger partial charge is 0.188 e. The summed E-state index contributed by atoms with van der Waals surface area (Å²) in [6.07, 6.45) is 0.655. The minimum Gasteiger partial charge on any atom is -0.358 e. The molecule has 0 heterocycles. The number of quaternary nitrogens is 1. The third-order valence-electron chi connectivity index (χ3n) is 1.05. The lowest BCUT2D eigenvalue weighted by atomic mass is 10.4. The van der Waals surface area contributed by atoms with Gasteiger partial charge in [0.2, 0.25) is 0 Å². The normalized spacial score (nSPS) is 13.1. The fraction of sp³-hybridized carbons (Fsp3) is 0.833. The van der Waals surface area contributed by atoms with Crippen LogP contribution in [0.3, 0.4) is 0 Å². The minimum absolute atomic E-state index is 0. The van der Waals surface area contributed by atoms with Crippen molar-refractivity contribution in [2.45, 2.75) is 19.6 Å². The van der Waals surface area contributed by atoms with Gasteiger partial charge in [0.15, 0.2) is 6.23 Å². The van der Waals surface area contributed by atoms with Gasteiger partial charge in [-0.2, -0.15) is 0 Å². The van der Waals surface area contributed by atoms with Crippen LogP contribution in [-0.2, 0) is 0 Å². The molecule has 2 nitrogen and oxygen atoms in total. The zero-order valence-corrected chi connectivity index (χ0v) is 6.23. The van der Waals surface area contributed by atoms with Gasteiger partial charge in [0, 0.05) is 6.42 Å². The Morgan fingerprint density at radius 3 is 1.88 bits per heavy atom. The lowest BCUT2D eigenvalue weighted by Crippen LogP contribution is -3.10. The first-order valence-corrected chi connectivity index (χ1v) is 2.66. The van der Waals surface area contributed by atoms with Crippen molar-refractivity contribution in [2.24, 2.45) is 0 Å². The maximum atomic E-state index is 8.90. The summed E-state index contributed by atoms with van der Waals surface area (Å²) in [5, 5.41) is 8.90. The van der Waals surface area contributed by atoms with Crippen LogP contribution >= 0.6 is 0 Å². The number of nitrogens with one attached hydrogen (secondary N) is 1. The third kappa shape index (κ3) is 4.09. The standard InChI is InChI=1S/C5H13NO.CH3/c1-4-5(7)6(2)3;/h5,7H,4H2,1-3H3;1H3/q;-1/p+1. The fourth-order valence-electron chi connectivity index (χ4n) is 0.408. The first-order chi connectivity index (χ1) is 3.18. The first kappa shape index (κ1) is 10.8. The van der Waals surface area contributed by atoms with Gasteiger partial charge in [0.05, 0.1) is 14.1 Å². The molecule has 0 saturated heterocycles. The van der Waals surface area contributed by atoms with Gasteiger partial charge in [-0.15, -0.1) is 0 Å². The molecular weight excluding hydrogens is 102 g/mol. The minimum atomic E-state index is -0.181. The second-order valence-electron chi connectivity index (χ2n) is 2.00. The molecule has 0 rings (SSSR count). The van der Waals surface area contributed by atoms with Gasteiger partial charge in [0.1, 0.15) is 0 Å². The molecular formula is C6H17NO. The van der Waals surface area contributed by atoms with Gasteiger partial charge in [-0.05, 0) is 0 Å². The molecule has 0 aromatic heterocycles. The van der Waals surface area contributed by atoms with Crippen LogP contribution in [0, 0.1) is 7.43 Å². The van der Waals surface area contributed by atoms with Gasteiger partial charge in [-0.25, -0.2) is 0 Å². The second-order valence-corrected chi connectivity index (χ2v) is 2.00. The summed E-state index contributed by atoms with van der Waals surface area (Å²) in [5.41, 5.74) is 0. The maximum absolute atomic E-state index is 8.90. The maximum Gasteiger partial charge on any atom is 0.188 e. The van der Waals surface area contributed by atoms with E-state index in [4.69, 9.17) is 5.11 Å². The second kappa shape index (κ2) is 5.06. The Labute approximate surface area is 52.1 Å². The highest BCUT2D eigenvalue weighted by Gasteiger charge is 2.03. The number of aliphatic hydroxyl groups is 1. The van der Waals surface area contributed by atoms with Crippen molar-refractivity contribution in [3.8, 4) is 0 Å². The molecule has 52 valence electrons. The Hall–Kier alpha value is -0.0800. The van der Waals surface area contributed by atoms with Crippen LogP contribution in [0.1, 0.15) is 13.3 Å².